The summed E-state index contributed by atoms with van der Waals surface area (Å²) in [5.41, 5.74) is 4.60. The average Bonchev–Trinajstić information content (AvgIpc) is 2.95. The third-order valence-corrected chi connectivity index (χ3v) is 6.80. The van der Waals surface area contributed by atoms with Crippen LogP contribution >= 0.6 is 0 Å². The van der Waals surface area contributed by atoms with Gasteiger partial charge in [0.05, 0.1) is 11.4 Å². The highest BCUT2D eigenvalue weighted by molar-refractivity contribution is 5.94. The van der Waals surface area contributed by atoms with Crippen molar-refractivity contribution in [3.63, 3.8) is 0 Å². The Balaban J connectivity index is 1.13. The Morgan fingerprint density at radius 2 is 1.67 bits per heavy atom. The molecule has 0 aliphatic carbocycles. The number of aryl methyl sites for hydroxylation is 2. The molecule has 5 rings (SSSR count). The van der Waals surface area contributed by atoms with E-state index in [4.69, 9.17) is 0 Å². The van der Waals surface area contributed by atoms with E-state index in [1.54, 1.807) is 43.7 Å². The number of likely N-dealkylation sites (tertiary alicyclic amines) is 1. The fourth-order valence-electron chi connectivity index (χ4n) is 4.50. The molecule has 0 saturated carbocycles. The summed E-state index contributed by atoms with van der Waals surface area (Å²) in [6.45, 7) is 5.77. The summed E-state index contributed by atoms with van der Waals surface area (Å²) >= 11 is 0. The van der Waals surface area contributed by atoms with E-state index >= 15 is 0 Å². The van der Waals surface area contributed by atoms with Crippen molar-refractivity contribution in [3.05, 3.63) is 95.5 Å². The molecule has 0 bridgehead atoms. The number of carbonyl (C=O) groups excluding carboxylic acids is 1. The van der Waals surface area contributed by atoms with Gasteiger partial charge in [0.1, 0.15) is 11.6 Å². The standard InChI is InChI=1S/C29H31FN8O/c1-19-17-24(7-8-25(19)30)35-27-9-12-33-29(37-27)36-23-5-3-21(4-6-23)28(39)38-15-10-22(11-16-38)34-18-26-20(2)31-13-14-32-26/h3-9,12-14,17,22,34H,10-11,15-16,18H2,1-2H3,(H2,33,35,36,37). The Morgan fingerprint density at radius 3 is 2.41 bits per heavy atom. The van der Waals surface area contributed by atoms with E-state index in [-0.39, 0.29) is 11.7 Å². The maximum absolute atomic E-state index is 13.5. The SMILES string of the molecule is Cc1cc(Nc2ccnc(Nc3ccc(C(=O)N4CCC(NCc5nccnc5C)CC4)cc3)n2)ccc1F. The monoisotopic (exact) mass is 526 g/mol. The first-order chi connectivity index (χ1) is 18.9. The van der Waals surface area contributed by atoms with Gasteiger partial charge in [0, 0.05) is 61.2 Å². The molecule has 1 amide bonds. The highest BCUT2D eigenvalue weighted by Gasteiger charge is 2.23. The van der Waals surface area contributed by atoms with E-state index in [1.165, 1.54) is 6.07 Å². The van der Waals surface area contributed by atoms with Crippen LogP contribution in [-0.4, -0.2) is 49.9 Å². The molecule has 0 atom stereocenters. The summed E-state index contributed by atoms with van der Waals surface area (Å²) in [5.74, 6) is 0.764. The predicted molar refractivity (Wildman–Crippen MR) is 149 cm³/mol. The van der Waals surface area contributed by atoms with Crippen LogP contribution in [-0.2, 0) is 6.54 Å². The molecule has 2 aromatic carbocycles. The van der Waals surface area contributed by atoms with E-state index < -0.39 is 0 Å². The zero-order valence-electron chi connectivity index (χ0n) is 22.0. The number of hydrogen-bond donors (Lipinski definition) is 3. The van der Waals surface area contributed by atoms with Gasteiger partial charge in [0.15, 0.2) is 0 Å². The number of halogens is 1. The Labute approximate surface area is 226 Å². The van der Waals surface area contributed by atoms with Gasteiger partial charge in [0.2, 0.25) is 5.95 Å². The summed E-state index contributed by atoms with van der Waals surface area (Å²) < 4.78 is 13.5. The number of rotatable bonds is 8. The number of hydrogen-bond acceptors (Lipinski definition) is 8. The fourth-order valence-corrected chi connectivity index (χ4v) is 4.50. The molecule has 0 radical (unpaired) electrons. The van der Waals surface area contributed by atoms with Gasteiger partial charge < -0.3 is 20.9 Å². The number of anilines is 4. The second-order valence-corrected chi connectivity index (χ2v) is 9.59. The quantitative estimate of drug-likeness (QED) is 0.297. The molecular weight excluding hydrogens is 495 g/mol. The lowest BCUT2D eigenvalue weighted by atomic mass is 10.0. The van der Waals surface area contributed by atoms with Gasteiger partial charge in [-0.2, -0.15) is 4.98 Å². The third kappa shape index (κ3) is 6.71. The molecule has 3 heterocycles. The van der Waals surface area contributed by atoms with Gasteiger partial charge >= 0.3 is 0 Å². The van der Waals surface area contributed by atoms with Crippen LogP contribution in [0, 0.1) is 19.7 Å². The van der Waals surface area contributed by atoms with Crippen molar-refractivity contribution in [1.82, 2.24) is 30.2 Å². The maximum atomic E-state index is 13.5. The summed E-state index contributed by atoms with van der Waals surface area (Å²) in [7, 11) is 0. The van der Waals surface area contributed by atoms with Crippen LogP contribution in [0.25, 0.3) is 0 Å². The Morgan fingerprint density at radius 1 is 0.923 bits per heavy atom. The van der Waals surface area contributed by atoms with E-state index in [9.17, 15) is 9.18 Å². The maximum Gasteiger partial charge on any atom is 0.253 e. The first-order valence-corrected chi connectivity index (χ1v) is 13.0. The topological polar surface area (TPSA) is 108 Å². The minimum absolute atomic E-state index is 0.0295. The van der Waals surface area contributed by atoms with Gasteiger partial charge in [-0.15, -0.1) is 0 Å². The van der Waals surface area contributed by atoms with Gasteiger partial charge in [-0.25, -0.2) is 9.37 Å². The van der Waals surface area contributed by atoms with E-state index in [0.717, 1.165) is 35.6 Å². The largest absolute Gasteiger partial charge is 0.340 e. The Bertz CT molecular complexity index is 1440. The van der Waals surface area contributed by atoms with Crippen molar-refractivity contribution < 1.29 is 9.18 Å². The van der Waals surface area contributed by atoms with E-state index in [1.807, 2.05) is 36.1 Å². The number of nitrogens with one attached hydrogen (secondary N) is 3. The van der Waals surface area contributed by atoms with Crippen molar-refractivity contribution in [1.29, 1.82) is 0 Å². The zero-order valence-corrected chi connectivity index (χ0v) is 22.0. The Kier molecular flexibility index (Phi) is 8.02. The third-order valence-electron chi connectivity index (χ3n) is 6.80. The molecule has 9 nitrogen and oxygen atoms in total. The van der Waals surface area contributed by atoms with Crippen LogP contribution in [0.4, 0.5) is 27.5 Å². The van der Waals surface area contributed by atoms with E-state index in [2.05, 4.69) is 35.9 Å². The van der Waals surface area contributed by atoms with Crippen molar-refractivity contribution in [2.24, 2.45) is 0 Å². The highest BCUT2D eigenvalue weighted by atomic mass is 19.1. The molecule has 1 aliphatic rings. The smallest absolute Gasteiger partial charge is 0.253 e. The number of aromatic nitrogens is 4. The Hall–Kier alpha value is -4.44. The summed E-state index contributed by atoms with van der Waals surface area (Å²) in [4.78, 5) is 32.4. The number of nitrogens with zero attached hydrogens (tertiary/aromatic N) is 5. The molecule has 39 heavy (non-hydrogen) atoms. The number of amides is 1. The van der Waals surface area contributed by atoms with Crippen molar-refractivity contribution in [3.8, 4) is 0 Å². The van der Waals surface area contributed by atoms with Crippen molar-refractivity contribution in [2.75, 3.05) is 23.7 Å². The van der Waals surface area contributed by atoms with Crippen LogP contribution in [0.2, 0.25) is 0 Å². The lowest BCUT2D eigenvalue weighted by Crippen LogP contribution is -2.44. The van der Waals surface area contributed by atoms with Gasteiger partial charge in [-0.1, -0.05) is 0 Å². The summed E-state index contributed by atoms with van der Waals surface area (Å²) in [6, 6.07) is 14.2. The lowest BCUT2D eigenvalue weighted by Gasteiger charge is -2.32. The number of carbonyl (C=O) groups is 1. The first kappa shape index (κ1) is 26.2. The summed E-state index contributed by atoms with van der Waals surface area (Å²) in [5, 5.41) is 9.88. The second-order valence-electron chi connectivity index (χ2n) is 9.59. The van der Waals surface area contributed by atoms with Crippen LogP contribution in [0.1, 0.15) is 40.2 Å². The van der Waals surface area contributed by atoms with Crippen LogP contribution in [0.3, 0.4) is 0 Å². The zero-order chi connectivity index (χ0) is 27.2. The minimum atomic E-state index is -0.251. The molecule has 0 spiro atoms. The van der Waals surface area contributed by atoms with Crippen molar-refractivity contribution >= 4 is 29.0 Å². The molecule has 1 saturated heterocycles. The predicted octanol–water partition coefficient (Wildman–Crippen LogP) is 4.90. The summed E-state index contributed by atoms with van der Waals surface area (Å²) in [6.07, 6.45) is 6.84. The molecule has 10 heteroatoms. The molecule has 1 aliphatic heterocycles. The fraction of sp³-hybridized carbons (Fsp3) is 0.276. The normalized spacial score (nSPS) is 13.8. The van der Waals surface area contributed by atoms with Crippen LogP contribution in [0.5, 0.6) is 0 Å². The second kappa shape index (κ2) is 12.0. The van der Waals surface area contributed by atoms with E-state index in [0.29, 0.717) is 48.6 Å². The number of piperidine rings is 1. The molecular formula is C29H31FN8O. The van der Waals surface area contributed by atoms with Crippen molar-refractivity contribution in [2.45, 2.75) is 39.3 Å². The molecule has 200 valence electrons. The van der Waals surface area contributed by atoms with Crippen LogP contribution in [0.15, 0.2) is 67.1 Å². The molecule has 0 unspecified atom stereocenters. The molecule has 3 N–H and O–H groups in total. The van der Waals surface area contributed by atoms with Gasteiger partial charge in [0.25, 0.3) is 5.91 Å². The average molecular weight is 527 g/mol. The number of benzene rings is 2. The minimum Gasteiger partial charge on any atom is -0.340 e. The van der Waals surface area contributed by atoms with Gasteiger partial charge in [-0.3, -0.25) is 14.8 Å². The molecule has 2 aromatic heterocycles. The van der Waals surface area contributed by atoms with Gasteiger partial charge in [-0.05, 0) is 80.8 Å². The lowest BCUT2D eigenvalue weighted by molar-refractivity contribution is 0.0704. The van der Waals surface area contributed by atoms with Crippen LogP contribution < -0.4 is 16.0 Å². The molecule has 4 aromatic rings. The first-order valence-electron chi connectivity index (χ1n) is 13.0. The highest BCUT2D eigenvalue weighted by Crippen LogP contribution is 2.21. The molecule has 1 fully saturated rings.